The fourth-order valence-electron chi connectivity index (χ4n) is 4.47. The highest BCUT2D eigenvalue weighted by molar-refractivity contribution is 5.76. The van der Waals surface area contributed by atoms with Gasteiger partial charge in [0.2, 0.25) is 0 Å². The van der Waals surface area contributed by atoms with Gasteiger partial charge in [0.1, 0.15) is 5.82 Å². The third-order valence-corrected chi connectivity index (χ3v) is 6.53. The van der Waals surface area contributed by atoms with Crippen LogP contribution in [0.2, 0.25) is 0 Å². The van der Waals surface area contributed by atoms with E-state index in [1.165, 1.54) is 37.1 Å². The van der Waals surface area contributed by atoms with Gasteiger partial charge in [-0.05, 0) is 67.3 Å². The van der Waals surface area contributed by atoms with Gasteiger partial charge in [-0.3, -0.25) is 0 Å². The number of halogens is 7. The number of rotatable bonds is 4. The van der Waals surface area contributed by atoms with Crippen molar-refractivity contribution in [3.63, 3.8) is 0 Å². The summed E-state index contributed by atoms with van der Waals surface area (Å²) in [7, 11) is 1.29. The lowest BCUT2D eigenvalue weighted by atomic mass is 9.91. The number of carbonyl (C=O) groups is 1. The van der Waals surface area contributed by atoms with Crippen LogP contribution in [0.4, 0.5) is 35.5 Å². The van der Waals surface area contributed by atoms with E-state index in [0.717, 1.165) is 4.90 Å². The summed E-state index contributed by atoms with van der Waals surface area (Å²) in [5, 5.41) is 9.84. The second-order valence-electron chi connectivity index (χ2n) is 8.78. The van der Waals surface area contributed by atoms with Gasteiger partial charge >= 0.3 is 18.4 Å². The van der Waals surface area contributed by atoms with Gasteiger partial charge in [-0.15, -0.1) is 0 Å². The number of benzene rings is 2. The van der Waals surface area contributed by atoms with Crippen LogP contribution >= 0.6 is 0 Å². The number of aliphatic hydroxyl groups is 1. The molecule has 1 heterocycles. The molecule has 192 valence electrons. The molecule has 11 heteroatoms. The number of hydrogen-bond acceptors (Lipinski definition) is 2. The predicted octanol–water partition coefficient (Wildman–Crippen LogP) is 6.34. The van der Waals surface area contributed by atoms with Crippen LogP contribution in [0.25, 0.3) is 0 Å². The second-order valence-corrected chi connectivity index (χ2v) is 8.78. The molecule has 1 N–H and O–H groups in total. The van der Waals surface area contributed by atoms with Crippen molar-refractivity contribution >= 4 is 6.03 Å². The van der Waals surface area contributed by atoms with Crippen LogP contribution in [0.1, 0.15) is 53.2 Å². The molecule has 1 fully saturated rings. The van der Waals surface area contributed by atoms with Gasteiger partial charge in [-0.25, -0.2) is 9.18 Å². The number of likely N-dealkylation sites (tertiary alicyclic amines) is 1. The van der Waals surface area contributed by atoms with Gasteiger partial charge in [0.25, 0.3) is 0 Å². The summed E-state index contributed by atoms with van der Waals surface area (Å²) in [6, 6.07) is 2.88. The number of urea groups is 1. The zero-order chi connectivity index (χ0) is 26.3. The second kappa shape index (κ2) is 9.67. The average Bonchev–Trinajstić information content (AvgIpc) is 3.19. The highest BCUT2D eigenvalue weighted by Crippen LogP contribution is 2.41. The first-order valence-electron chi connectivity index (χ1n) is 10.8. The highest BCUT2D eigenvalue weighted by Gasteiger charge is 2.41. The Kier molecular flexibility index (Phi) is 7.40. The third kappa shape index (κ3) is 5.55. The van der Waals surface area contributed by atoms with E-state index in [2.05, 4.69) is 0 Å². The van der Waals surface area contributed by atoms with Crippen molar-refractivity contribution in [3.8, 4) is 0 Å². The van der Waals surface area contributed by atoms with Crippen LogP contribution < -0.4 is 0 Å². The molecule has 0 radical (unpaired) electrons. The van der Waals surface area contributed by atoms with Crippen molar-refractivity contribution in [2.75, 3.05) is 20.2 Å². The van der Waals surface area contributed by atoms with Crippen LogP contribution in [0.3, 0.4) is 0 Å². The number of carbonyl (C=O) groups excluding carboxylic acids is 1. The quantitative estimate of drug-likeness (QED) is 0.492. The van der Waals surface area contributed by atoms with Crippen molar-refractivity contribution in [2.45, 2.75) is 44.7 Å². The molecule has 0 bridgehead atoms. The molecule has 1 aliphatic heterocycles. The Balaban J connectivity index is 1.96. The van der Waals surface area contributed by atoms with Crippen LogP contribution in [0.15, 0.2) is 36.4 Å². The van der Waals surface area contributed by atoms with E-state index in [1.54, 1.807) is 6.92 Å². The lowest BCUT2D eigenvalue weighted by molar-refractivity contribution is -0.143. The SMILES string of the molecule is Cc1cc(F)ccc1C1C(CO)CCN1C(=O)N(C)C(C)c1cc(C(F)(F)F)cc(C(F)(F)F)c1. The molecule has 3 rings (SSSR count). The molecule has 2 amide bonds. The fourth-order valence-corrected chi connectivity index (χ4v) is 4.47. The molecule has 3 unspecified atom stereocenters. The highest BCUT2D eigenvalue weighted by atomic mass is 19.4. The summed E-state index contributed by atoms with van der Waals surface area (Å²) in [5.41, 5.74) is -2.09. The van der Waals surface area contributed by atoms with Crippen LogP contribution in [0, 0.1) is 18.7 Å². The zero-order valence-electron chi connectivity index (χ0n) is 19.2. The number of aliphatic hydroxyl groups excluding tert-OH is 1. The lowest BCUT2D eigenvalue weighted by Crippen LogP contribution is -2.43. The minimum absolute atomic E-state index is 0.0394. The Morgan fingerprint density at radius 1 is 1.09 bits per heavy atom. The molecular formula is C24H25F7N2O2. The maximum absolute atomic E-state index is 13.6. The Morgan fingerprint density at radius 2 is 1.66 bits per heavy atom. The normalized spacial score (nSPS) is 19.7. The number of amides is 2. The smallest absolute Gasteiger partial charge is 0.396 e. The lowest BCUT2D eigenvalue weighted by Gasteiger charge is -2.35. The minimum atomic E-state index is -5.01. The third-order valence-electron chi connectivity index (χ3n) is 6.53. The van der Waals surface area contributed by atoms with E-state index in [1.807, 2.05) is 0 Å². The maximum Gasteiger partial charge on any atom is 0.416 e. The molecule has 1 saturated heterocycles. The van der Waals surface area contributed by atoms with Crippen molar-refractivity contribution in [2.24, 2.45) is 5.92 Å². The Bertz CT molecular complexity index is 1050. The van der Waals surface area contributed by atoms with E-state index in [0.29, 0.717) is 29.7 Å². The van der Waals surface area contributed by atoms with Gasteiger partial charge in [-0.1, -0.05) is 6.07 Å². The van der Waals surface area contributed by atoms with Crippen molar-refractivity contribution in [1.29, 1.82) is 0 Å². The monoisotopic (exact) mass is 506 g/mol. The van der Waals surface area contributed by atoms with Crippen molar-refractivity contribution in [3.05, 3.63) is 70.0 Å². The number of alkyl halides is 6. The molecule has 3 atom stereocenters. The average molecular weight is 506 g/mol. The first-order chi connectivity index (χ1) is 16.1. The van der Waals surface area contributed by atoms with Crippen LogP contribution in [-0.4, -0.2) is 41.1 Å². The van der Waals surface area contributed by atoms with E-state index >= 15 is 0 Å². The maximum atomic E-state index is 13.6. The van der Waals surface area contributed by atoms with Gasteiger partial charge < -0.3 is 14.9 Å². The Hall–Kier alpha value is -2.82. The molecule has 0 spiro atoms. The topological polar surface area (TPSA) is 43.8 Å². The number of nitrogens with zero attached hydrogens (tertiary/aromatic N) is 2. The van der Waals surface area contributed by atoms with Gasteiger partial charge in [0.15, 0.2) is 0 Å². The predicted molar refractivity (Wildman–Crippen MR) is 114 cm³/mol. The first kappa shape index (κ1) is 26.8. The van der Waals surface area contributed by atoms with Crippen molar-refractivity contribution < 1.29 is 40.6 Å². The standard InChI is InChI=1S/C24H25F7N2O2/c1-13-8-19(25)4-5-20(13)21-15(12-34)6-7-33(21)22(35)32(3)14(2)16-9-17(23(26,27)28)11-18(10-16)24(29,30)31/h4-5,8-11,14-15,21,34H,6-7,12H2,1-3H3. The Morgan fingerprint density at radius 3 is 2.14 bits per heavy atom. The van der Waals surface area contributed by atoms with E-state index in [-0.39, 0.29) is 30.7 Å². The summed E-state index contributed by atoms with van der Waals surface area (Å²) in [4.78, 5) is 15.9. The van der Waals surface area contributed by atoms with E-state index < -0.39 is 47.4 Å². The van der Waals surface area contributed by atoms with Crippen LogP contribution in [0.5, 0.6) is 0 Å². The van der Waals surface area contributed by atoms with Gasteiger partial charge in [0.05, 0.1) is 23.2 Å². The summed E-state index contributed by atoms with van der Waals surface area (Å²) >= 11 is 0. The molecule has 2 aromatic rings. The molecular weight excluding hydrogens is 481 g/mol. The summed E-state index contributed by atoms with van der Waals surface area (Å²) in [5.74, 6) is -0.837. The molecule has 0 aliphatic carbocycles. The Labute approximate surface area is 197 Å². The summed E-state index contributed by atoms with van der Waals surface area (Å²) in [6.07, 6.45) is -9.59. The number of hydrogen-bond donors (Lipinski definition) is 1. The van der Waals surface area contributed by atoms with E-state index in [9.17, 15) is 40.6 Å². The van der Waals surface area contributed by atoms with Crippen molar-refractivity contribution in [1.82, 2.24) is 9.80 Å². The molecule has 4 nitrogen and oxygen atoms in total. The number of aryl methyl sites for hydroxylation is 1. The molecule has 2 aromatic carbocycles. The minimum Gasteiger partial charge on any atom is -0.396 e. The van der Waals surface area contributed by atoms with Crippen LogP contribution in [-0.2, 0) is 12.4 Å². The first-order valence-corrected chi connectivity index (χ1v) is 10.8. The molecule has 1 aliphatic rings. The summed E-state index contributed by atoms with van der Waals surface area (Å²) in [6.45, 7) is 2.94. The molecule has 0 saturated carbocycles. The zero-order valence-corrected chi connectivity index (χ0v) is 19.2. The summed E-state index contributed by atoms with van der Waals surface area (Å²) < 4.78 is 93.3. The van der Waals surface area contributed by atoms with Gasteiger partial charge in [-0.2, -0.15) is 26.3 Å². The van der Waals surface area contributed by atoms with Gasteiger partial charge in [0, 0.05) is 26.1 Å². The molecule has 0 aromatic heterocycles. The largest absolute Gasteiger partial charge is 0.416 e. The fraction of sp³-hybridized carbons (Fsp3) is 0.458. The molecule has 35 heavy (non-hydrogen) atoms. The van der Waals surface area contributed by atoms with E-state index in [4.69, 9.17) is 0 Å².